The smallest absolute Gasteiger partial charge is 0.149 e. The van der Waals surface area contributed by atoms with Gasteiger partial charge < -0.3 is 5.43 Å². The standard InChI is InChI=1S/C14H29N3/c1-7-8-13(11(2)3)9-10-16-17-14(15-6)12(4)5/h11-13,16H,6-10H2,1-5H3/b17-14-. The van der Waals surface area contributed by atoms with Crippen LogP contribution in [0, 0.1) is 17.8 Å². The Bertz CT molecular complexity index is 232. The Labute approximate surface area is 107 Å². The predicted octanol–water partition coefficient (Wildman–Crippen LogP) is 3.71. The maximum atomic E-state index is 4.27. The number of hydrazone groups is 1. The molecule has 0 fully saturated rings. The topological polar surface area (TPSA) is 36.8 Å². The van der Waals surface area contributed by atoms with Crippen LogP contribution in [0.15, 0.2) is 10.1 Å². The molecule has 0 amide bonds. The van der Waals surface area contributed by atoms with Crippen LogP contribution in [-0.4, -0.2) is 19.1 Å². The second-order valence-corrected chi connectivity index (χ2v) is 5.27. The van der Waals surface area contributed by atoms with Crippen LogP contribution < -0.4 is 5.43 Å². The maximum Gasteiger partial charge on any atom is 0.149 e. The first-order chi connectivity index (χ1) is 8.02. The number of rotatable bonds is 8. The second kappa shape index (κ2) is 9.20. The summed E-state index contributed by atoms with van der Waals surface area (Å²) in [5, 5.41) is 4.27. The molecule has 0 aliphatic carbocycles. The molecule has 0 heterocycles. The Morgan fingerprint density at radius 3 is 2.24 bits per heavy atom. The Morgan fingerprint density at radius 2 is 1.82 bits per heavy atom. The molecule has 0 bridgehead atoms. The minimum atomic E-state index is 0.330. The quantitative estimate of drug-likeness (QED) is 0.298. The third-order valence-corrected chi connectivity index (χ3v) is 3.10. The van der Waals surface area contributed by atoms with Crippen molar-refractivity contribution in [1.29, 1.82) is 0 Å². The van der Waals surface area contributed by atoms with E-state index in [0.717, 1.165) is 24.2 Å². The summed E-state index contributed by atoms with van der Waals surface area (Å²) in [7, 11) is 0. The van der Waals surface area contributed by atoms with Gasteiger partial charge in [0, 0.05) is 12.5 Å². The highest BCUT2D eigenvalue weighted by atomic mass is 15.3. The predicted molar refractivity (Wildman–Crippen MR) is 77.7 cm³/mol. The molecule has 0 aromatic rings. The van der Waals surface area contributed by atoms with E-state index in [1.54, 1.807) is 0 Å². The van der Waals surface area contributed by atoms with Gasteiger partial charge in [0.25, 0.3) is 0 Å². The lowest BCUT2D eigenvalue weighted by molar-refractivity contribution is 0.329. The average molecular weight is 239 g/mol. The minimum absolute atomic E-state index is 0.330. The van der Waals surface area contributed by atoms with Crippen molar-refractivity contribution < 1.29 is 0 Å². The van der Waals surface area contributed by atoms with Crippen molar-refractivity contribution in [2.24, 2.45) is 27.8 Å². The molecule has 0 spiro atoms. The first-order valence-corrected chi connectivity index (χ1v) is 6.80. The van der Waals surface area contributed by atoms with Gasteiger partial charge in [-0.05, 0) is 25.0 Å². The zero-order valence-electron chi connectivity index (χ0n) is 12.2. The van der Waals surface area contributed by atoms with Gasteiger partial charge in [0.1, 0.15) is 5.84 Å². The van der Waals surface area contributed by atoms with Gasteiger partial charge in [0.2, 0.25) is 0 Å². The number of hydrogen-bond acceptors (Lipinski definition) is 2. The van der Waals surface area contributed by atoms with E-state index in [-0.39, 0.29) is 0 Å². The highest BCUT2D eigenvalue weighted by Gasteiger charge is 2.11. The summed E-state index contributed by atoms with van der Waals surface area (Å²) in [6.07, 6.45) is 3.74. The SMILES string of the molecule is C=N/C(=N\NCCC(CCC)C(C)C)C(C)C. The van der Waals surface area contributed by atoms with Crippen molar-refractivity contribution in [2.45, 2.75) is 53.9 Å². The number of aliphatic imine (C=N–C) groups is 1. The van der Waals surface area contributed by atoms with E-state index in [1.807, 2.05) is 0 Å². The van der Waals surface area contributed by atoms with E-state index in [4.69, 9.17) is 0 Å². The summed E-state index contributed by atoms with van der Waals surface area (Å²) < 4.78 is 0. The number of amidine groups is 1. The van der Waals surface area contributed by atoms with Gasteiger partial charge in [0.15, 0.2) is 0 Å². The van der Waals surface area contributed by atoms with Gasteiger partial charge >= 0.3 is 0 Å². The molecule has 0 saturated heterocycles. The fourth-order valence-electron chi connectivity index (χ4n) is 1.92. The molecular formula is C14H29N3. The van der Waals surface area contributed by atoms with Crippen molar-refractivity contribution in [3.63, 3.8) is 0 Å². The average Bonchev–Trinajstić information content (AvgIpc) is 2.26. The molecule has 1 unspecified atom stereocenters. The van der Waals surface area contributed by atoms with E-state index in [9.17, 15) is 0 Å². The van der Waals surface area contributed by atoms with Crippen LogP contribution in [-0.2, 0) is 0 Å². The normalized spacial score (nSPS) is 14.2. The van der Waals surface area contributed by atoms with Crippen molar-refractivity contribution in [2.75, 3.05) is 6.54 Å². The Kier molecular flexibility index (Phi) is 8.73. The minimum Gasteiger partial charge on any atom is -0.308 e. The third-order valence-electron chi connectivity index (χ3n) is 3.10. The molecule has 100 valence electrons. The Morgan fingerprint density at radius 1 is 1.18 bits per heavy atom. The lowest BCUT2D eigenvalue weighted by Gasteiger charge is -2.19. The molecule has 0 aromatic heterocycles. The van der Waals surface area contributed by atoms with Crippen LogP contribution in [0.25, 0.3) is 0 Å². The molecule has 0 aromatic carbocycles. The third kappa shape index (κ3) is 7.14. The highest BCUT2D eigenvalue weighted by molar-refractivity contribution is 5.87. The highest BCUT2D eigenvalue weighted by Crippen LogP contribution is 2.20. The van der Waals surface area contributed by atoms with E-state index >= 15 is 0 Å². The lowest BCUT2D eigenvalue weighted by atomic mass is 9.88. The molecule has 3 nitrogen and oxygen atoms in total. The van der Waals surface area contributed by atoms with E-state index in [0.29, 0.717) is 5.92 Å². The van der Waals surface area contributed by atoms with Crippen molar-refractivity contribution in [1.82, 2.24) is 5.43 Å². The van der Waals surface area contributed by atoms with Crippen LogP contribution in [0.2, 0.25) is 0 Å². The zero-order chi connectivity index (χ0) is 13.3. The molecule has 17 heavy (non-hydrogen) atoms. The molecule has 3 heteroatoms. The second-order valence-electron chi connectivity index (χ2n) is 5.27. The van der Waals surface area contributed by atoms with Crippen LogP contribution in [0.1, 0.15) is 53.9 Å². The largest absolute Gasteiger partial charge is 0.308 e. The molecule has 1 atom stereocenters. The molecule has 0 radical (unpaired) electrons. The zero-order valence-corrected chi connectivity index (χ0v) is 12.2. The maximum absolute atomic E-state index is 4.27. The summed E-state index contributed by atoms with van der Waals surface area (Å²) in [6.45, 7) is 15.5. The lowest BCUT2D eigenvalue weighted by Crippen LogP contribution is -2.19. The van der Waals surface area contributed by atoms with E-state index in [1.165, 1.54) is 19.3 Å². The first kappa shape index (κ1) is 16.1. The number of nitrogens with zero attached hydrogens (tertiary/aromatic N) is 2. The number of nitrogens with one attached hydrogen (secondary N) is 1. The van der Waals surface area contributed by atoms with Crippen molar-refractivity contribution >= 4 is 12.6 Å². The van der Waals surface area contributed by atoms with Gasteiger partial charge in [-0.2, -0.15) is 5.10 Å². The summed E-state index contributed by atoms with van der Waals surface area (Å²) in [4.78, 5) is 3.91. The Balaban J connectivity index is 3.99. The van der Waals surface area contributed by atoms with Gasteiger partial charge in [-0.15, -0.1) is 0 Å². The molecule has 1 N–H and O–H groups in total. The van der Waals surface area contributed by atoms with Crippen molar-refractivity contribution in [3.8, 4) is 0 Å². The van der Waals surface area contributed by atoms with Crippen LogP contribution in [0.5, 0.6) is 0 Å². The first-order valence-electron chi connectivity index (χ1n) is 6.80. The van der Waals surface area contributed by atoms with E-state index in [2.05, 4.69) is 56.9 Å². The fourth-order valence-corrected chi connectivity index (χ4v) is 1.92. The van der Waals surface area contributed by atoms with E-state index < -0.39 is 0 Å². The van der Waals surface area contributed by atoms with Crippen molar-refractivity contribution in [3.05, 3.63) is 0 Å². The van der Waals surface area contributed by atoms with Gasteiger partial charge in [-0.1, -0.05) is 47.5 Å². The van der Waals surface area contributed by atoms with Gasteiger partial charge in [0.05, 0.1) is 0 Å². The monoisotopic (exact) mass is 239 g/mol. The summed E-state index contributed by atoms with van der Waals surface area (Å²) >= 11 is 0. The summed E-state index contributed by atoms with van der Waals surface area (Å²) in [5.74, 6) is 2.67. The Hall–Kier alpha value is -0.860. The van der Waals surface area contributed by atoms with Crippen LogP contribution in [0.3, 0.4) is 0 Å². The molecule has 0 saturated carbocycles. The molecule has 0 aliphatic heterocycles. The number of hydrogen-bond donors (Lipinski definition) is 1. The van der Waals surface area contributed by atoms with Crippen LogP contribution in [0.4, 0.5) is 0 Å². The summed E-state index contributed by atoms with van der Waals surface area (Å²) in [6, 6.07) is 0. The van der Waals surface area contributed by atoms with Gasteiger partial charge in [-0.3, -0.25) is 0 Å². The molecular weight excluding hydrogens is 210 g/mol. The fraction of sp³-hybridized carbons (Fsp3) is 0.857. The van der Waals surface area contributed by atoms with Gasteiger partial charge in [-0.25, -0.2) is 4.99 Å². The molecule has 0 rings (SSSR count). The molecule has 0 aliphatic rings. The summed E-state index contributed by atoms with van der Waals surface area (Å²) in [5.41, 5.74) is 3.12. The van der Waals surface area contributed by atoms with Crippen LogP contribution >= 0.6 is 0 Å².